The molecule has 0 fully saturated rings. The summed E-state index contributed by atoms with van der Waals surface area (Å²) in [6, 6.07) is 18.4. The largest absolute Gasteiger partial charge is 0.458 e. The molecule has 2 aromatic rings. The minimum absolute atomic E-state index is 0.193. The first-order valence-electron chi connectivity index (χ1n) is 9.24. The third-order valence-corrected chi connectivity index (χ3v) is 4.37. The molecule has 0 saturated heterocycles. The van der Waals surface area contributed by atoms with Gasteiger partial charge in [-0.15, -0.1) is 0 Å². The van der Waals surface area contributed by atoms with Gasteiger partial charge in [0.25, 0.3) is 5.91 Å². The van der Waals surface area contributed by atoms with Crippen LogP contribution < -0.4 is 5.32 Å². The summed E-state index contributed by atoms with van der Waals surface area (Å²) < 4.78 is 16.2. The highest BCUT2D eigenvalue weighted by atomic mass is 16.6. The zero-order chi connectivity index (χ0) is 20.4. The molecule has 6 nitrogen and oxygen atoms in total. The van der Waals surface area contributed by atoms with E-state index in [1.54, 1.807) is 12.1 Å². The summed E-state index contributed by atoms with van der Waals surface area (Å²) >= 11 is 0. The van der Waals surface area contributed by atoms with E-state index in [-0.39, 0.29) is 12.5 Å². The number of benzene rings is 2. The molecule has 150 valence electrons. The van der Waals surface area contributed by atoms with Crippen molar-refractivity contribution >= 4 is 11.9 Å². The molecule has 2 rings (SSSR count). The second-order valence-electron chi connectivity index (χ2n) is 6.27. The fourth-order valence-electron chi connectivity index (χ4n) is 2.82. The number of carbonyl (C=O) groups is 2. The predicted molar refractivity (Wildman–Crippen MR) is 106 cm³/mol. The van der Waals surface area contributed by atoms with Crippen molar-refractivity contribution in [1.82, 2.24) is 5.32 Å². The van der Waals surface area contributed by atoms with E-state index in [0.29, 0.717) is 6.42 Å². The second kappa shape index (κ2) is 11.2. The summed E-state index contributed by atoms with van der Waals surface area (Å²) in [5, 5.41) is 2.80. The van der Waals surface area contributed by atoms with E-state index >= 15 is 0 Å². The molecule has 0 aromatic heterocycles. The van der Waals surface area contributed by atoms with Crippen LogP contribution in [0.25, 0.3) is 0 Å². The van der Waals surface area contributed by atoms with Crippen LogP contribution in [0.15, 0.2) is 60.7 Å². The number of esters is 1. The van der Waals surface area contributed by atoms with Gasteiger partial charge < -0.3 is 19.5 Å². The summed E-state index contributed by atoms with van der Waals surface area (Å²) in [4.78, 5) is 25.0. The summed E-state index contributed by atoms with van der Waals surface area (Å²) in [7, 11) is 2.95. The lowest BCUT2D eigenvalue weighted by Gasteiger charge is -2.22. The van der Waals surface area contributed by atoms with Crippen LogP contribution in [0, 0.1) is 0 Å². The van der Waals surface area contributed by atoms with Crippen LogP contribution in [0.5, 0.6) is 0 Å². The first kappa shape index (κ1) is 21.6. The van der Waals surface area contributed by atoms with Gasteiger partial charge in [-0.3, -0.25) is 4.79 Å². The lowest BCUT2D eigenvalue weighted by molar-refractivity contribution is -0.162. The highest BCUT2D eigenvalue weighted by Gasteiger charge is 2.26. The van der Waals surface area contributed by atoms with Gasteiger partial charge in [-0.2, -0.15) is 0 Å². The van der Waals surface area contributed by atoms with Crippen molar-refractivity contribution in [2.45, 2.75) is 31.7 Å². The van der Waals surface area contributed by atoms with Gasteiger partial charge in [0.15, 0.2) is 12.2 Å². The molecule has 1 amide bonds. The smallest absolute Gasteiger partial charge is 0.340 e. The molecule has 6 heteroatoms. The maximum Gasteiger partial charge on any atom is 0.340 e. The number of rotatable bonds is 10. The molecule has 2 aromatic carbocycles. The fraction of sp³-hybridized carbons (Fsp3) is 0.364. The van der Waals surface area contributed by atoms with E-state index in [2.05, 4.69) is 5.32 Å². The van der Waals surface area contributed by atoms with Gasteiger partial charge in [0.1, 0.15) is 6.10 Å². The van der Waals surface area contributed by atoms with Crippen LogP contribution in [0.1, 0.15) is 36.7 Å². The van der Waals surface area contributed by atoms with E-state index < -0.39 is 24.3 Å². The Morgan fingerprint density at radius 2 is 1.36 bits per heavy atom. The van der Waals surface area contributed by atoms with Gasteiger partial charge in [0, 0.05) is 14.2 Å². The van der Waals surface area contributed by atoms with Gasteiger partial charge in [0.2, 0.25) is 0 Å². The molecule has 0 radical (unpaired) electrons. The topological polar surface area (TPSA) is 73.9 Å². The Bertz CT molecular complexity index is 735. The quantitative estimate of drug-likeness (QED) is 0.636. The number of carbonyl (C=O) groups excluding carboxylic acids is 2. The van der Waals surface area contributed by atoms with Gasteiger partial charge in [-0.1, -0.05) is 67.6 Å². The molecule has 0 heterocycles. The summed E-state index contributed by atoms with van der Waals surface area (Å²) in [5.74, 6) is -0.768. The van der Waals surface area contributed by atoms with Crippen LogP contribution in [-0.2, 0) is 23.8 Å². The van der Waals surface area contributed by atoms with Crippen molar-refractivity contribution < 1.29 is 23.8 Å². The number of amides is 1. The molecule has 0 aliphatic carbocycles. The lowest BCUT2D eigenvalue weighted by atomic mass is 10.1. The zero-order valence-corrected chi connectivity index (χ0v) is 16.5. The Balaban J connectivity index is 1.94. The molecule has 3 atom stereocenters. The summed E-state index contributed by atoms with van der Waals surface area (Å²) in [6.45, 7) is 2.08. The zero-order valence-electron chi connectivity index (χ0n) is 16.5. The van der Waals surface area contributed by atoms with Gasteiger partial charge in [0.05, 0.1) is 6.54 Å². The Morgan fingerprint density at radius 1 is 0.857 bits per heavy atom. The number of hydrogen-bond acceptors (Lipinski definition) is 5. The number of hydrogen-bond donors (Lipinski definition) is 1. The molecule has 0 aliphatic rings. The van der Waals surface area contributed by atoms with E-state index in [4.69, 9.17) is 14.2 Å². The van der Waals surface area contributed by atoms with Crippen LogP contribution in [0.3, 0.4) is 0 Å². The molecule has 0 bridgehead atoms. The third-order valence-electron chi connectivity index (χ3n) is 4.37. The van der Waals surface area contributed by atoms with Crippen molar-refractivity contribution in [3.63, 3.8) is 0 Å². The first-order valence-corrected chi connectivity index (χ1v) is 9.24. The van der Waals surface area contributed by atoms with Crippen LogP contribution in [0.4, 0.5) is 0 Å². The van der Waals surface area contributed by atoms with E-state index in [1.165, 1.54) is 14.2 Å². The Labute approximate surface area is 165 Å². The standard InChI is InChI=1S/C22H27NO5/c1-4-18(28-22(25)20(27-3)17-13-9-6-10-14-17)15-23-21(24)19(26-2)16-11-7-5-8-12-16/h5-14,18-20H,4,15H2,1-3H3,(H,23,24)/t18-,19+,20+/m0/s1. The number of ether oxygens (including phenoxy) is 3. The molecule has 1 N–H and O–H groups in total. The molecule has 0 unspecified atom stereocenters. The SMILES string of the molecule is CC[C@@H](CNC(=O)[C@H](OC)c1ccccc1)OC(=O)[C@H](OC)c1ccccc1. The van der Waals surface area contributed by atoms with E-state index in [0.717, 1.165) is 11.1 Å². The third kappa shape index (κ3) is 5.90. The fourth-order valence-corrected chi connectivity index (χ4v) is 2.82. The first-order chi connectivity index (χ1) is 13.6. The monoisotopic (exact) mass is 385 g/mol. The van der Waals surface area contributed by atoms with Gasteiger partial charge in [-0.25, -0.2) is 4.79 Å². The average Bonchev–Trinajstić information content (AvgIpc) is 2.73. The Morgan fingerprint density at radius 3 is 1.82 bits per heavy atom. The predicted octanol–water partition coefficient (Wildman–Crippen LogP) is 3.20. The molecule has 0 saturated carbocycles. The molecular formula is C22H27NO5. The van der Waals surface area contributed by atoms with Gasteiger partial charge >= 0.3 is 5.97 Å². The maximum absolute atomic E-state index is 12.5. The molecule has 0 spiro atoms. The highest BCUT2D eigenvalue weighted by Crippen LogP contribution is 2.19. The van der Waals surface area contributed by atoms with Crippen molar-refractivity contribution in [2.75, 3.05) is 20.8 Å². The van der Waals surface area contributed by atoms with Crippen LogP contribution >= 0.6 is 0 Å². The van der Waals surface area contributed by atoms with Crippen molar-refractivity contribution in [2.24, 2.45) is 0 Å². The highest BCUT2D eigenvalue weighted by molar-refractivity contribution is 5.82. The Hall–Kier alpha value is -2.70. The van der Waals surface area contributed by atoms with E-state index in [1.807, 2.05) is 55.5 Å². The van der Waals surface area contributed by atoms with Crippen LogP contribution in [0.2, 0.25) is 0 Å². The summed E-state index contributed by atoms with van der Waals surface area (Å²) in [5.41, 5.74) is 1.48. The molecule has 0 aliphatic heterocycles. The normalized spacial score (nSPS) is 14.0. The lowest BCUT2D eigenvalue weighted by Crippen LogP contribution is -2.38. The average molecular weight is 385 g/mol. The van der Waals surface area contributed by atoms with Crippen molar-refractivity contribution in [3.05, 3.63) is 71.8 Å². The van der Waals surface area contributed by atoms with E-state index in [9.17, 15) is 9.59 Å². The number of methoxy groups -OCH3 is 2. The minimum Gasteiger partial charge on any atom is -0.458 e. The number of nitrogens with one attached hydrogen (secondary N) is 1. The van der Waals surface area contributed by atoms with Crippen molar-refractivity contribution in [1.29, 1.82) is 0 Å². The summed E-state index contributed by atoms with van der Waals surface area (Å²) in [6.07, 6.45) is -1.43. The van der Waals surface area contributed by atoms with Gasteiger partial charge in [-0.05, 0) is 17.5 Å². The minimum atomic E-state index is -0.804. The second-order valence-corrected chi connectivity index (χ2v) is 6.27. The van der Waals surface area contributed by atoms with Crippen LogP contribution in [-0.4, -0.2) is 38.7 Å². The van der Waals surface area contributed by atoms with Crippen molar-refractivity contribution in [3.8, 4) is 0 Å². The molecular weight excluding hydrogens is 358 g/mol. The molecule has 28 heavy (non-hydrogen) atoms. The maximum atomic E-state index is 12.5. The Kier molecular flexibility index (Phi) is 8.65.